The number of nitrogens with zero attached hydrogens (tertiary/aromatic N) is 1. The molecule has 2 heterocycles. The first-order valence-corrected chi connectivity index (χ1v) is 6.99. The molecule has 2 aromatic rings. The lowest BCUT2D eigenvalue weighted by Gasteiger charge is -2.41. The van der Waals surface area contributed by atoms with Crippen molar-refractivity contribution in [2.24, 2.45) is 0 Å². The van der Waals surface area contributed by atoms with E-state index < -0.39 is 0 Å². The van der Waals surface area contributed by atoms with Gasteiger partial charge in [0.2, 0.25) is 0 Å². The topological polar surface area (TPSA) is 45.3 Å². The number of aromatic amines is 1. The van der Waals surface area contributed by atoms with Gasteiger partial charge in [-0.05, 0) is 26.8 Å². The lowest BCUT2D eigenvalue weighted by molar-refractivity contribution is -0.118. The fourth-order valence-electron chi connectivity index (χ4n) is 3.03. The van der Waals surface area contributed by atoms with Crippen LogP contribution in [0.15, 0.2) is 30.5 Å². The van der Waals surface area contributed by atoms with Crippen LogP contribution in [0.3, 0.4) is 0 Å². The number of H-pyrrole nitrogens is 1. The van der Waals surface area contributed by atoms with Crippen molar-refractivity contribution in [3.8, 4) is 0 Å². The Bertz CT molecular complexity index is 645. The van der Waals surface area contributed by atoms with Gasteiger partial charge >= 0.3 is 0 Å². The molecule has 3 rings (SSSR count). The summed E-state index contributed by atoms with van der Waals surface area (Å²) < 4.78 is 5.86. The molecule has 1 amide bonds. The summed E-state index contributed by atoms with van der Waals surface area (Å²) >= 11 is 0. The normalized spacial score (nSPS) is 22.1. The van der Waals surface area contributed by atoms with Gasteiger partial charge in [-0.2, -0.15) is 0 Å². The Balaban J connectivity index is 1.92. The number of morpholine rings is 1. The average molecular weight is 272 g/mol. The van der Waals surface area contributed by atoms with Crippen LogP contribution in [0.5, 0.6) is 0 Å². The van der Waals surface area contributed by atoms with Gasteiger partial charge in [0.1, 0.15) is 0 Å². The summed E-state index contributed by atoms with van der Waals surface area (Å²) in [7, 11) is 0. The van der Waals surface area contributed by atoms with Crippen LogP contribution in [-0.2, 0) is 4.74 Å². The monoisotopic (exact) mass is 272 g/mol. The lowest BCUT2D eigenvalue weighted by atomic mass is 10.0. The molecule has 1 unspecified atom stereocenters. The van der Waals surface area contributed by atoms with Crippen molar-refractivity contribution in [1.82, 2.24) is 9.88 Å². The number of ether oxygens (including phenoxy) is 1. The first-order chi connectivity index (χ1) is 9.46. The molecule has 1 aliphatic heterocycles. The van der Waals surface area contributed by atoms with Gasteiger partial charge in [-0.3, -0.25) is 4.79 Å². The summed E-state index contributed by atoms with van der Waals surface area (Å²) in [4.78, 5) is 17.8. The number of hydrogen-bond donors (Lipinski definition) is 1. The Morgan fingerprint density at radius 2 is 2.15 bits per heavy atom. The van der Waals surface area contributed by atoms with Crippen LogP contribution in [0.4, 0.5) is 0 Å². The highest BCUT2D eigenvalue weighted by Gasteiger charge is 2.34. The van der Waals surface area contributed by atoms with Gasteiger partial charge in [-0.15, -0.1) is 0 Å². The lowest BCUT2D eigenvalue weighted by Crippen LogP contribution is -2.53. The third-order valence-corrected chi connectivity index (χ3v) is 3.68. The standard InChI is InChI=1S/C16H20N2O2/c1-11-9-18(10-16(2,3)20-11)15(19)13-8-17-14-7-5-4-6-12(13)14/h4-8,11,17H,9-10H2,1-3H3. The van der Waals surface area contributed by atoms with Gasteiger partial charge in [0.25, 0.3) is 5.91 Å². The molecular weight excluding hydrogens is 252 g/mol. The average Bonchev–Trinajstić information content (AvgIpc) is 2.79. The maximum absolute atomic E-state index is 12.8. The highest BCUT2D eigenvalue weighted by Crippen LogP contribution is 2.25. The molecule has 0 saturated carbocycles. The van der Waals surface area contributed by atoms with E-state index in [1.807, 2.05) is 49.9 Å². The summed E-state index contributed by atoms with van der Waals surface area (Å²) in [6.07, 6.45) is 1.87. The Hall–Kier alpha value is -1.81. The van der Waals surface area contributed by atoms with Gasteiger partial charge in [0.15, 0.2) is 0 Å². The van der Waals surface area contributed by atoms with Crippen LogP contribution in [0, 0.1) is 0 Å². The zero-order valence-electron chi connectivity index (χ0n) is 12.1. The number of nitrogens with one attached hydrogen (secondary N) is 1. The highest BCUT2D eigenvalue weighted by atomic mass is 16.5. The number of benzene rings is 1. The highest BCUT2D eigenvalue weighted by molar-refractivity contribution is 6.06. The molecule has 1 atom stereocenters. The van der Waals surface area contributed by atoms with Gasteiger partial charge in [0.05, 0.1) is 17.3 Å². The molecule has 1 N–H and O–H groups in total. The van der Waals surface area contributed by atoms with E-state index in [1.54, 1.807) is 6.20 Å². The Morgan fingerprint density at radius 1 is 1.40 bits per heavy atom. The third-order valence-electron chi connectivity index (χ3n) is 3.68. The van der Waals surface area contributed by atoms with Crippen molar-refractivity contribution in [2.45, 2.75) is 32.5 Å². The molecule has 106 valence electrons. The quantitative estimate of drug-likeness (QED) is 0.867. The zero-order chi connectivity index (χ0) is 14.3. The number of aromatic nitrogens is 1. The number of amides is 1. The van der Waals surface area contributed by atoms with E-state index in [4.69, 9.17) is 4.74 Å². The molecule has 20 heavy (non-hydrogen) atoms. The van der Waals surface area contributed by atoms with E-state index in [0.29, 0.717) is 13.1 Å². The maximum atomic E-state index is 12.8. The molecule has 0 aliphatic carbocycles. The van der Waals surface area contributed by atoms with E-state index >= 15 is 0 Å². The fraction of sp³-hybridized carbons (Fsp3) is 0.438. The third kappa shape index (κ3) is 2.31. The zero-order valence-corrected chi connectivity index (χ0v) is 12.1. The Labute approximate surface area is 118 Å². The predicted octanol–water partition coefficient (Wildman–Crippen LogP) is 2.81. The molecule has 0 bridgehead atoms. The fourth-order valence-corrected chi connectivity index (χ4v) is 3.03. The minimum absolute atomic E-state index is 0.0629. The first kappa shape index (κ1) is 13.2. The summed E-state index contributed by atoms with van der Waals surface area (Å²) in [6, 6.07) is 7.89. The van der Waals surface area contributed by atoms with Crippen LogP contribution in [-0.4, -0.2) is 40.6 Å². The summed E-state index contributed by atoms with van der Waals surface area (Å²) in [5.41, 5.74) is 1.45. The van der Waals surface area contributed by atoms with Crippen molar-refractivity contribution >= 4 is 16.8 Å². The van der Waals surface area contributed by atoms with Crippen molar-refractivity contribution in [3.05, 3.63) is 36.0 Å². The van der Waals surface area contributed by atoms with Crippen LogP contribution < -0.4 is 0 Å². The largest absolute Gasteiger partial charge is 0.369 e. The predicted molar refractivity (Wildman–Crippen MR) is 78.8 cm³/mol. The summed E-state index contributed by atoms with van der Waals surface area (Å²) in [6.45, 7) is 7.32. The van der Waals surface area contributed by atoms with Gasteiger partial charge < -0.3 is 14.6 Å². The molecule has 1 saturated heterocycles. The Kier molecular flexibility index (Phi) is 3.05. The molecule has 1 aliphatic rings. The number of carbonyl (C=O) groups is 1. The molecular formula is C16H20N2O2. The van der Waals surface area contributed by atoms with Crippen molar-refractivity contribution in [2.75, 3.05) is 13.1 Å². The molecule has 0 spiro atoms. The van der Waals surface area contributed by atoms with E-state index in [9.17, 15) is 4.79 Å². The van der Waals surface area contributed by atoms with Crippen LogP contribution in [0.1, 0.15) is 31.1 Å². The number of carbonyl (C=O) groups excluding carboxylic acids is 1. The van der Waals surface area contributed by atoms with Gasteiger partial charge in [0, 0.05) is 30.2 Å². The second-order valence-corrected chi connectivity index (χ2v) is 6.12. The van der Waals surface area contributed by atoms with Gasteiger partial charge in [-0.25, -0.2) is 0 Å². The Morgan fingerprint density at radius 3 is 2.90 bits per heavy atom. The van der Waals surface area contributed by atoms with E-state index in [1.165, 1.54) is 0 Å². The van der Waals surface area contributed by atoms with E-state index in [0.717, 1.165) is 16.5 Å². The van der Waals surface area contributed by atoms with Gasteiger partial charge in [-0.1, -0.05) is 18.2 Å². The molecule has 4 nitrogen and oxygen atoms in total. The number of rotatable bonds is 1. The van der Waals surface area contributed by atoms with E-state index in [2.05, 4.69) is 4.98 Å². The van der Waals surface area contributed by atoms with Crippen LogP contribution in [0.2, 0.25) is 0 Å². The van der Waals surface area contributed by atoms with Crippen LogP contribution in [0.25, 0.3) is 10.9 Å². The molecule has 4 heteroatoms. The smallest absolute Gasteiger partial charge is 0.256 e. The molecule has 1 aromatic heterocycles. The second-order valence-electron chi connectivity index (χ2n) is 6.12. The maximum Gasteiger partial charge on any atom is 0.256 e. The van der Waals surface area contributed by atoms with Crippen molar-refractivity contribution in [1.29, 1.82) is 0 Å². The molecule has 1 aromatic carbocycles. The number of hydrogen-bond acceptors (Lipinski definition) is 2. The summed E-state index contributed by atoms with van der Waals surface area (Å²) in [5.74, 6) is 0.0747. The minimum Gasteiger partial charge on any atom is -0.369 e. The van der Waals surface area contributed by atoms with Crippen molar-refractivity contribution < 1.29 is 9.53 Å². The van der Waals surface area contributed by atoms with E-state index in [-0.39, 0.29) is 17.6 Å². The molecule has 1 fully saturated rings. The van der Waals surface area contributed by atoms with Crippen molar-refractivity contribution in [3.63, 3.8) is 0 Å². The minimum atomic E-state index is -0.292. The SMILES string of the molecule is CC1CN(C(=O)c2c[nH]c3ccccc23)CC(C)(C)O1. The number of fused-ring (bicyclic) bond motifs is 1. The number of para-hydroxylation sites is 1. The summed E-state index contributed by atoms with van der Waals surface area (Å²) in [5, 5.41) is 0.981. The first-order valence-electron chi connectivity index (χ1n) is 6.99. The molecule has 0 radical (unpaired) electrons. The van der Waals surface area contributed by atoms with Crippen LogP contribution >= 0.6 is 0 Å². The second kappa shape index (κ2) is 4.63.